The maximum absolute atomic E-state index is 13.0. The van der Waals surface area contributed by atoms with Gasteiger partial charge < -0.3 is 24.1 Å². The molecule has 2 aromatic rings. The monoisotopic (exact) mass is 360 g/mol. The Kier molecular flexibility index (Phi) is 6.06. The quantitative estimate of drug-likeness (QED) is 0.724. The van der Waals surface area contributed by atoms with Gasteiger partial charge in [0.25, 0.3) is 0 Å². The van der Waals surface area contributed by atoms with Crippen LogP contribution in [0, 0.1) is 0 Å². The SMILES string of the molecule is COc1ccc(C(=O)c2cc(OC)c(OC)cc2CC(=O)O)cc1OC. The molecule has 0 aromatic heterocycles. The Labute approximate surface area is 151 Å². The first-order valence-electron chi connectivity index (χ1n) is 7.68. The minimum atomic E-state index is -1.06. The summed E-state index contributed by atoms with van der Waals surface area (Å²) in [6, 6.07) is 7.73. The van der Waals surface area contributed by atoms with E-state index in [0.717, 1.165) is 0 Å². The van der Waals surface area contributed by atoms with Crippen molar-refractivity contribution in [2.75, 3.05) is 28.4 Å². The van der Waals surface area contributed by atoms with E-state index in [-0.39, 0.29) is 17.8 Å². The molecule has 7 heteroatoms. The van der Waals surface area contributed by atoms with Gasteiger partial charge in [-0.15, -0.1) is 0 Å². The molecule has 1 N–H and O–H groups in total. The van der Waals surface area contributed by atoms with Crippen LogP contribution in [0.5, 0.6) is 23.0 Å². The summed E-state index contributed by atoms with van der Waals surface area (Å²) in [5.41, 5.74) is 0.883. The third-order valence-corrected chi connectivity index (χ3v) is 3.84. The van der Waals surface area contributed by atoms with Crippen LogP contribution < -0.4 is 18.9 Å². The number of benzene rings is 2. The maximum atomic E-state index is 13.0. The van der Waals surface area contributed by atoms with Crippen molar-refractivity contribution < 1.29 is 33.6 Å². The molecule has 0 bridgehead atoms. The molecule has 7 nitrogen and oxygen atoms in total. The van der Waals surface area contributed by atoms with E-state index in [2.05, 4.69) is 0 Å². The lowest BCUT2D eigenvalue weighted by Gasteiger charge is -2.14. The van der Waals surface area contributed by atoms with E-state index in [1.807, 2.05) is 0 Å². The Morgan fingerprint density at radius 1 is 0.808 bits per heavy atom. The second-order valence-corrected chi connectivity index (χ2v) is 5.33. The van der Waals surface area contributed by atoms with E-state index in [1.54, 1.807) is 18.2 Å². The number of hydrogen-bond donors (Lipinski definition) is 1. The molecule has 0 spiro atoms. The molecular formula is C19H20O7. The van der Waals surface area contributed by atoms with Gasteiger partial charge in [0, 0.05) is 11.1 Å². The lowest BCUT2D eigenvalue weighted by molar-refractivity contribution is -0.136. The highest BCUT2D eigenvalue weighted by molar-refractivity contribution is 6.11. The van der Waals surface area contributed by atoms with Crippen molar-refractivity contribution in [3.8, 4) is 23.0 Å². The third kappa shape index (κ3) is 3.88. The van der Waals surface area contributed by atoms with Crippen molar-refractivity contribution in [3.63, 3.8) is 0 Å². The molecule has 0 saturated heterocycles. The first-order valence-corrected chi connectivity index (χ1v) is 7.68. The number of ether oxygens (including phenoxy) is 4. The van der Waals surface area contributed by atoms with Crippen molar-refractivity contribution in [2.24, 2.45) is 0 Å². The molecule has 0 heterocycles. The fraction of sp³-hybridized carbons (Fsp3) is 0.263. The first-order chi connectivity index (χ1) is 12.4. The maximum Gasteiger partial charge on any atom is 0.307 e. The molecule has 0 aliphatic carbocycles. The Hall–Kier alpha value is -3.22. The third-order valence-electron chi connectivity index (χ3n) is 3.84. The van der Waals surface area contributed by atoms with E-state index in [4.69, 9.17) is 24.1 Å². The number of carboxylic acid groups (broad SMARTS) is 1. The van der Waals surface area contributed by atoms with Gasteiger partial charge in [0.1, 0.15) is 0 Å². The number of carboxylic acids is 1. The number of rotatable bonds is 8. The lowest BCUT2D eigenvalue weighted by Crippen LogP contribution is -2.11. The van der Waals surface area contributed by atoms with Gasteiger partial charge in [-0.25, -0.2) is 0 Å². The van der Waals surface area contributed by atoms with Crippen LogP contribution in [0.2, 0.25) is 0 Å². The Bertz CT molecular complexity index is 827. The molecule has 0 amide bonds. The minimum Gasteiger partial charge on any atom is -0.493 e. The summed E-state index contributed by atoms with van der Waals surface area (Å²) in [5, 5.41) is 9.16. The highest BCUT2D eigenvalue weighted by Gasteiger charge is 2.21. The second kappa shape index (κ2) is 8.24. The van der Waals surface area contributed by atoms with Crippen molar-refractivity contribution in [3.05, 3.63) is 47.0 Å². The van der Waals surface area contributed by atoms with Crippen LogP contribution in [0.3, 0.4) is 0 Å². The summed E-state index contributed by atoms with van der Waals surface area (Å²) in [5.74, 6) is 0.167. The van der Waals surface area contributed by atoms with Gasteiger partial charge in [-0.05, 0) is 35.9 Å². The summed E-state index contributed by atoms with van der Waals surface area (Å²) >= 11 is 0. The van der Waals surface area contributed by atoms with Crippen LogP contribution in [-0.4, -0.2) is 45.3 Å². The molecule has 0 unspecified atom stereocenters. The number of methoxy groups -OCH3 is 4. The molecule has 0 aliphatic heterocycles. The number of aliphatic carboxylic acids is 1. The molecule has 0 aliphatic rings. The summed E-state index contributed by atoms with van der Waals surface area (Å²) in [7, 11) is 5.86. The van der Waals surface area contributed by atoms with Gasteiger partial charge in [0.15, 0.2) is 28.8 Å². The molecule has 0 atom stereocenters. The van der Waals surface area contributed by atoms with Crippen LogP contribution in [0.15, 0.2) is 30.3 Å². The Balaban J connectivity index is 2.58. The second-order valence-electron chi connectivity index (χ2n) is 5.33. The summed E-state index contributed by atoms with van der Waals surface area (Å²) in [6.45, 7) is 0. The average molecular weight is 360 g/mol. The molecular weight excluding hydrogens is 340 g/mol. The number of hydrogen-bond acceptors (Lipinski definition) is 6. The van der Waals surface area contributed by atoms with E-state index in [9.17, 15) is 9.59 Å². The number of carbonyl (C=O) groups is 2. The Morgan fingerprint density at radius 3 is 1.88 bits per heavy atom. The van der Waals surface area contributed by atoms with Gasteiger partial charge in [-0.1, -0.05) is 0 Å². The molecule has 138 valence electrons. The van der Waals surface area contributed by atoms with Crippen LogP contribution in [0.1, 0.15) is 21.5 Å². The van der Waals surface area contributed by atoms with Crippen molar-refractivity contribution in [1.82, 2.24) is 0 Å². The largest absolute Gasteiger partial charge is 0.493 e. The summed E-state index contributed by atoms with van der Waals surface area (Å²) in [6.07, 6.45) is -0.325. The van der Waals surface area contributed by atoms with Gasteiger partial charge in [0.05, 0.1) is 34.9 Å². The first kappa shape index (κ1) is 19.1. The topological polar surface area (TPSA) is 91.3 Å². The van der Waals surface area contributed by atoms with E-state index >= 15 is 0 Å². The zero-order chi connectivity index (χ0) is 19.3. The highest BCUT2D eigenvalue weighted by Crippen LogP contribution is 2.33. The zero-order valence-corrected chi connectivity index (χ0v) is 15.0. The van der Waals surface area contributed by atoms with Crippen LogP contribution in [0.25, 0.3) is 0 Å². The molecule has 26 heavy (non-hydrogen) atoms. The molecule has 0 saturated carbocycles. The Morgan fingerprint density at radius 2 is 1.35 bits per heavy atom. The molecule has 2 rings (SSSR count). The molecule has 0 fully saturated rings. The fourth-order valence-corrected chi connectivity index (χ4v) is 2.57. The predicted molar refractivity (Wildman–Crippen MR) is 93.9 cm³/mol. The van der Waals surface area contributed by atoms with Crippen molar-refractivity contribution in [1.29, 1.82) is 0 Å². The standard InChI is InChI=1S/C19H20O7/c1-23-14-6-5-11(7-15(14)24-2)19(22)13-10-17(26-4)16(25-3)8-12(13)9-18(20)21/h5-8,10H,9H2,1-4H3,(H,20,21). The minimum absolute atomic E-state index is 0.220. The van der Waals surface area contributed by atoms with Gasteiger partial charge in [-0.3, -0.25) is 9.59 Å². The zero-order valence-electron chi connectivity index (χ0n) is 15.0. The molecule has 0 radical (unpaired) electrons. The van der Waals surface area contributed by atoms with Crippen LogP contribution in [-0.2, 0) is 11.2 Å². The smallest absolute Gasteiger partial charge is 0.307 e. The van der Waals surface area contributed by atoms with Gasteiger partial charge in [-0.2, -0.15) is 0 Å². The van der Waals surface area contributed by atoms with Crippen LogP contribution >= 0.6 is 0 Å². The molecule has 2 aromatic carbocycles. The average Bonchev–Trinajstić information content (AvgIpc) is 2.65. The number of ketones is 1. The van der Waals surface area contributed by atoms with E-state index < -0.39 is 5.97 Å². The summed E-state index contributed by atoms with van der Waals surface area (Å²) < 4.78 is 20.8. The lowest BCUT2D eigenvalue weighted by atomic mass is 9.95. The highest BCUT2D eigenvalue weighted by atomic mass is 16.5. The van der Waals surface area contributed by atoms with E-state index in [1.165, 1.54) is 40.6 Å². The van der Waals surface area contributed by atoms with Gasteiger partial charge in [0.2, 0.25) is 0 Å². The van der Waals surface area contributed by atoms with Crippen molar-refractivity contribution >= 4 is 11.8 Å². The van der Waals surface area contributed by atoms with Crippen LogP contribution in [0.4, 0.5) is 0 Å². The fourth-order valence-electron chi connectivity index (χ4n) is 2.57. The predicted octanol–water partition coefficient (Wildman–Crippen LogP) is 2.58. The normalized spacial score (nSPS) is 10.2. The van der Waals surface area contributed by atoms with Gasteiger partial charge >= 0.3 is 5.97 Å². The van der Waals surface area contributed by atoms with E-state index in [0.29, 0.717) is 34.1 Å². The number of carbonyl (C=O) groups excluding carboxylic acids is 1. The summed E-state index contributed by atoms with van der Waals surface area (Å²) in [4.78, 5) is 24.2. The van der Waals surface area contributed by atoms with Crippen molar-refractivity contribution in [2.45, 2.75) is 6.42 Å².